The Bertz CT molecular complexity index is 410. The Hall–Kier alpha value is -2.11. The van der Waals surface area contributed by atoms with Gasteiger partial charge in [-0.15, -0.1) is 0 Å². The summed E-state index contributed by atoms with van der Waals surface area (Å²) in [4.78, 5) is 21.6. The minimum Gasteiger partial charge on any atom is -0.398 e. The number of rotatable bonds is 6. The molecular weight excluding hydrogens is 225 g/mol. The third-order valence-electron chi connectivity index (χ3n) is 2.13. The van der Waals surface area contributed by atoms with E-state index in [0.717, 1.165) is 6.07 Å². The van der Waals surface area contributed by atoms with Crippen molar-refractivity contribution in [1.29, 1.82) is 0 Å². The van der Waals surface area contributed by atoms with Gasteiger partial charge in [-0.25, -0.2) is 4.39 Å². The zero-order valence-corrected chi connectivity index (χ0v) is 9.20. The molecule has 0 aliphatic heterocycles. The smallest absolute Gasteiger partial charge is 0.253 e. The Morgan fingerprint density at radius 2 is 2.18 bits per heavy atom. The number of hydrogen-bond acceptors (Lipinski definition) is 3. The average molecular weight is 239 g/mol. The predicted octanol–water partition coefficient (Wildman–Crippen LogP) is 0.274. The van der Waals surface area contributed by atoms with Gasteiger partial charge in [-0.1, -0.05) is 0 Å². The number of carbonyl (C=O) groups is 2. The number of benzene rings is 1. The molecule has 0 spiro atoms. The number of anilines is 1. The van der Waals surface area contributed by atoms with Gasteiger partial charge in [0.1, 0.15) is 5.82 Å². The maximum Gasteiger partial charge on any atom is 0.253 e. The maximum atomic E-state index is 12.9. The molecule has 0 bridgehead atoms. The average Bonchev–Trinajstić information content (AvgIpc) is 2.32. The van der Waals surface area contributed by atoms with Crippen LogP contribution in [0, 0.1) is 5.82 Å². The van der Waals surface area contributed by atoms with Crippen LogP contribution in [0.25, 0.3) is 0 Å². The fourth-order valence-electron chi connectivity index (χ4n) is 1.27. The van der Waals surface area contributed by atoms with Crippen molar-refractivity contribution in [3.8, 4) is 0 Å². The van der Waals surface area contributed by atoms with Gasteiger partial charge in [-0.05, 0) is 24.6 Å². The molecule has 2 amide bonds. The third kappa shape index (κ3) is 4.10. The minimum absolute atomic E-state index is 0.119. The van der Waals surface area contributed by atoms with E-state index in [-0.39, 0.29) is 11.3 Å². The van der Waals surface area contributed by atoms with Crippen LogP contribution in [0.1, 0.15) is 16.8 Å². The molecule has 1 aromatic carbocycles. The number of hydrogen-bond donors (Lipinski definition) is 3. The molecule has 0 aliphatic rings. The lowest BCUT2D eigenvalue weighted by Gasteiger charge is -2.07. The van der Waals surface area contributed by atoms with Gasteiger partial charge in [-0.3, -0.25) is 9.59 Å². The van der Waals surface area contributed by atoms with Crippen LogP contribution in [0.5, 0.6) is 0 Å². The highest BCUT2D eigenvalue weighted by atomic mass is 19.1. The van der Waals surface area contributed by atoms with Gasteiger partial charge in [0, 0.05) is 18.8 Å². The fraction of sp³-hybridized carbons (Fsp3) is 0.273. The summed E-state index contributed by atoms with van der Waals surface area (Å²) in [5.41, 5.74) is 5.91. The molecule has 0 heterocycles. The van der Waals surface area contributed by atoms with Crippen molar-refractivity contribution in [1.82, 2.24) is 10.6 Å². The van der Waals surface area contributed by atoms with Gasteiger partial charge in [0.25, 0.3) is 5.91 Å². The summed E-state index contributed by atoms with van der Waals surface area (Å²) in [7, 11) is 0. The third-order valence-corrected chi connectivity index (χ3v) is 2.13. The number of carbonyl (C=O) groups excluding carboxylic acids is 2. The first kappa shape index (κ1) is 13.0. The molecule has 0 atom stereocenters. The van der Waals surface area contributed by atoms with Crippen LogP contribution in [-0.4, -0.2) is 25.4 Å². The van der Waals surface area contributed by atoms with E-state index < -0.39 is 11.7 Å². The summed E-state index contributed by atoms with van der Waals surface area (Å²) in [6.45, 7) is 0.859. The first-order valence-corrected chi connectivity index (χ1v) is 5.15. The maximum absolute atomic E-state index is 12.9. The van der Waals surface area contributed by atoms with Gasteiger partial charge >= 0.3 is 0 Å². The fourth-order valence-corrected chi connectivity index (χ4v) is 1.27. The van der Waals surface area contributed by atoms with Gasteiger partial charge in [0.05, 0.1) is 5.56 Å². The molecule has 1 rings (SSSR count). The van der Waals surface area contributed by atoms with E-state index in [1.807, 2.05) is 0 Å². The molecule has 6 heteroatoms. The van der Waals surface area contributed by atoms with E-state index in [0.29, 0.717) is 25.9 Å². The zero-order chi connectivity index (χ0) is 12.7. The number of amides is 2. The summed E-state index contributed by atoms with van der Waals surface area (Å²) in [5, 5.41) is 5.05. The number of nitrogens with two attached hydrogens (primary N) is 1. The highest BCUT2D eigenvalue weighted by Crippen LogP contribution is 2.12. The van der Waals surface area contributed by atoms with Crippen molar-refractivity contribution >= 4 is 18.0 Å². The standard InChI is InChI=1S/C11H14FN3O2/c12-8-2-3-10(13)9(6-8)11(17)15-5-1-4-14-7-16/h2-3,6-7H,1,4-5,13H2,(H,14,16)(H,15,17). The number of halogens is 1. The van der Waals surface area contributed by atoms with Crippen molar-refractivity contribution < 1.29 is 14.0 Å². The Kier molecular flexibility index (Phi) is 4.93. The van der Waals surface area contributed by atoms with Crippen LogP contribution < -0.4 is 16.4 Å². The van der Waals surface area contributed by atoms with E-state index >= 15 is 0 Å². The van der Waals surface area contributed by atoms with E-state index in [2.05, 4.69) is 10.6 Å². The monoisotopic (exact) mass is 239 g/mol. The molecule has 17 heavy (non-hydrogen) atoms. The highest BCUT2D eigenvalue weighted by Gasteiger charge is 2.09. The van der Waals surface area contributed by atoms with Gasteiger partial charge < -0.3 is 16.4 Å². The normalized spacial score (nSPS) is 9.71. The molecule has 92 valence electrons. The van der Waals surface area contributed by atoms with Crippen LogP contribution in [0.3, 0.4) is 0 Å². The van der Waals surface area contributed by atoms with E-state index in [9.17, 15) is 14.0 Å². The molecule has 5 nitrogen and oxygen atoms in total. The Morgan fingerprint density at radius 1 is 1.41 bits per heavy atom. The van der Waals surface area contributed by atoms with Crippen molar-refractivity contribution in [2.75, 3.05) is 18.8 Å². The molecule has 0 saturated heterocycles. The van der Waals surface area contributed by atoms with Crippen LogP contribution in [0.4, 0.5) is 10.1 Å². The molecule has 0 aliphatic carbocycles. The second-order valence-corrected chi connectivity index (χ2v) is 3.41. The molecule has 4 N–H and O–H groups in total. The molecular formula is C11H14FN3O2. The summed E-state index contributed by atoms with van der Waals surface area (Å²) < 4.78 is 12.9. The number of nitrogens with one attached hydrogen (secondary N) is 2. The Morgan fingerprint density at radius 3 is 2.88 bits per heavy atom. The van der Waals surface area contributed by atoms with Crippen molar-refractivity contribution in [2.45, 2.75) is 6.42 Å². The van der Waals surface area contributed by atoms with Crippen LogP contribution in [0.2, 0.25) is 0 Å². The SMILES string of the molecule is Nc1ccc(F)cc1C(=O)NCCCNC=O. The first-order valence-electron chi connectivity index (χ1n) is 5.15. The van der Waals surface area contributed by atoms with E-state index in [4.69, 9.17) is 5.73 Å². The van der Waals surface area contributed by atoms with Gasteiger partial charge in [-0.2, -0.15) is 0 Å². The lowest BCUT2D eigenvalue weighted by Crippen LogP contribution is -2.27. The molecule has 0 saturated carbocycles. The van der Waals surface area contributed by atoms with E-state index in [1.165, 1.54) is 12.1 Å². The quantitative estimate of drug-likeness (QED) is 0.378. The number of nitrogen functional groups attached to an aromatic ring is 1. The van der Waals surface area contributed by atoms with Crippen molar-refractivity contribution in [2.24, 2.45) is 0 Å². The second-order valence-electron chi connectivity index (χ2n) is 3.41. The highest BCUT2D eigenvalue weighted by molar-refractivity contribution is 5.99. The molecule has 0 fully saturated rings. The lowest BCUT2D eigenvalue weighted by atomic mass is 10.1. The van der Waals surface area contributed by atoms with Crippen LogP contribution >= 0.6 is 0 Å². The first-order chi connectivity index (χ1) is 8.15. The Balaban J connectivity index is 2.46. The summed E-state index contributed by atoms with van der Waals surface area (Å²) in [6.07, 6.45) is 1.19. The van der Waals surface area contributed by atoms with E-state index in [1.54, 1.807) is 0 Å². The molecule has 0 unspecified atom stereocenters. The predicted molar refractivity (Wildman–Crippen MR) is 61.8 cm³/mol. The summed E-state index contributed by atoms with van der Waals surface area (Å²) >= 11 is 0. The van der Waals surface area contributed by atoms with Crippen LogP contribution in [-0.2, 0) is 4.79 Å². The molecule has 1 aromatic rings. The van der Waals surface area contributed by atoms with Crippen molar-refractivity contribution in [3.63, 3.8) is 0 Å². The van der Waals surface area contributed by atoms with Gasteiger partial charge in [0.2, 0.25) is 6.41 Å². The largest absolute Gasteiger partial charge is 0.398 e. The van der Waals surface area contributed by atoms with Crippen LogP contribution in [0.15, 0.2) is 18.2 Å². The van der Waals surface area contributed by atoms with Crippen molar-refractivity contribution in [3.05, 3.63) is 29.6 Å². The second kappa shape index (κ2) is 6.47. The zero-order valence-electron chi connectivity index (χ0n) is 9.20. The Labute approximate surface area is 98.2 Å². The minimum atomic E-state index is -0.507. The molecule has 0 aromatic heterocycles. The molecule has 0 radical (unpaired) electrons. The summed E-state index contributed by atoms with van der Waals surface area (Å²) in [6, 6.07) is 3.63. The summed E-state index contributed by atoms with van der Waals surface area (Å²) in [5.74, 6) is -0.930. The van der Waals surface area contributed by atoms with Gasteiger partial charge in [0.15, 0.2) is 0 Å². The lowest BCUT2D eigenvalue weighted by molar-refractivity contribution is -0.109. The topological polar surface area (TPSA) is 84.2 Å².